The van der Waals surface area contributed by atoms with Gasteiger partial charge < -0.3 is 15.0 Å². The van der Waals surface area contributed by atoms with E-state index >= 15 is 0 Å². The van der Waals surface area contributed by atoms with E-state index < -0.39 is 5.60 Å². The summed E-state index contributed by atoms with van der Waals surface area (Å²) in [6.45, 7) is 3.21. The molecule has 25 heavy (non-hydrogen) atoms. The van der Waals surface area contributed by atoms with E-state index in [1.807, 2.05) is 11.0 Å². The number of methoxy groups -OCH3 is 1. The van der Waals surface area contributed by atoms with E-state index in [1.54, 1.807) is 19.2 Å². The summed E-state index contributed by atoms with van der Waals surface area (Å²) in [5.74, 6) is 0.492. The molecule has 0 unspecified atom stereocenters. The summed E-state index contributed by atoms with van der Waals surface area (Å²) in [5.41, 5.74) is 0.409. The number of amides is 1. The minimum atomic E-state index is -0.638. The molecule has 0 bridgehead atoms. The van der Waals surface area contributed by atoms with Gasteiger partial charge in [-0.15, -0.1) is 12.4 Å². The molecule has 1 aromatic rings. The Balaban J connectivity index is 0.00000225. The summed E-state index contributed by atoms with van der Waals surface area (Å²) in [7, 11) is 1.65. The van der Waals surface area contributed by atoms with Crippen LogP contribution in [-0.4, -0.2) is 49.7 Å². The Bertz CT molecular complexity index is 570. The molecule has 2 saturated heterocycles. The second-order valence-electron chi connectivity index (χ2n) is 7.02. The predicted octanol–water partition coefficient (Wildman–Crippen LogP) is 2.80. The topological polar surface area (TPSA) is 41.6 Å². The predicted molar refractivity (Wildman–Crippen MR) is 98.5 cm³/mol. The van der Waals surface area contributed by atoms with Crippen molar-refractivity contribution >= 4 is 18.3 Å². The first-order valence-electron chi connectivity index (χ1n) is 8.93. The lowest BCUT2D eigenvalue weighted by Crippen LogP contribution is -2.56. The Hall–Kier alpha value is -1.17. The zero-order chi connectivity index (χ0) is 17.0. The molecule has 0 aromatic heterocycles. The fourth-order valence-electron chi connectivity index (χ4n) is 3.96. The molecule has 2 aliphatic rings. The standard InChI is InChI=1S/C19H27FN2O2.ClH/c1-24-19(7-9-21-10-8-19)18(23)22-11-5-15(6-12-22)13-16-3-2-4-17(20)14-16;/h2-4,14-15,21H,5-13H2,1H3;1H. The van der Waals surface area contributed by atoms with Crippen LogP contribution in [0.3, 0.4) is 0 Å². The van der Waals surface area contributed by atoms with Crippen molar-refractivity contribution in [1.82, 2.24) is 10.2 Å². The molecule has 140 valence electrons. The number of carbonyl (C=O) groups is 1. The van der Waals surface area contributed by atoms with Gasteiger partial charge >= 0.3 is 0 Å². The molecule has 1 N–H and O–H groups in total. The number of ether oxygens (including phenoxy) is 1. The highest BCUT2D eigenvalue weighted by Gasteiger charge is 2.43. The van der Waals surface area contributed by atoms with E-state index in [2.05, 4.69) is 5.32 Å². The van der Waals surface area contributed by atoms with E-state index in [-0.39, 0.29) is 24.1 Å². The molecule has 1 amide bonds. The highest BCUT2D eigenvalue weighted by Crippen LogP contribution is 2.29. The van der Waals surface area contributed by atoms with E-state index in [0.717, 1.165) is 63.8 Å². The second-order valence-corrected chi connectivity index (χ2v) is 7.02. The number of carbonyl (C=O) groups excluding carboxylic acids is 1. The average molecular weight is 371 g/mol. The first-order valence-corrected chi connectivity index (χ1v) is 8.93. The molecule has 0 radical (unpaired) electrons. The summed E-state index contributed by atoms with van der Waals surface area (Å²) < 4.78 is 19.0. The lowest BCUT2D eigenvalue weighted by atomic mass is 9.87. The lowest BCUT2D eigenvalue weighted by molar-refractivity contribution is -0.159. The van der Waals surface area contributed by atoms with Crippen LogP contribution in [0.15, 0.2) is 24.3 Å². The van der Waals surface area contributed by atoms with Gasteiger partial charge in [-0.2, -0.15) is 0 Å². The van der Waals surface area contributed by atoms with Crippen LogP contribution in [-0.2, 0) is 16.0 Å². The molecule has 0 spiro atoms. The third kappa shape index (κ3) is 4.72. The van der Waals surface area contributed by atoms with Crippen LogP contribution in [0.2, 0.25) is 0 Å². The quantitative estimate of drug-likeness (QED) is 0.886. The Morgan fingerprint density at radius 3 is 2.60 bits per heavy atom. The van der Waals surface area contributed by atoms with Crippen molar-refractivity contribution in [2.24, 2.45) is 5.92 Å². The number of nitrogens with zero attached hydrogens (tertiary/aromatic N) is 1. The maximum atomic E-state index is 13.3. The lowest BCUT2D eigenvalue weighted by Gasteiger charge is -2.41. The van der Waals surface area contributed by atoms with Gasteiger partial charge in [-0.25, -0.2) is 4.39 Å². The zero-order valence-corrected chi connectivity index (χ0v) is 15.6. The fourth-order valence-corrected chi connectivity index (χ4v) is 3.96. The van der Waals surface area contributed by atoms with Crippen LogP contribution in [0, 0.1) is 11.7 Å². The summed E-state index contributed by atoms with van der Waals surface area (Å²) in [6, 6.07) is 6.85. The number of benzene rings is 1. The summed E-state index contributed by atoms with van der Waals surface area (Å²) >= 11 is 0. The van der Waals surface area contributed by atoms with Crippen molar-refractivity contribution in [3.63, 3.8) is 0 Å². The Morgan fingerprint density at radius 1 is 1.32 bits per heavy atom. The number of piperidine rings is 2. The summed E-state index contributed by atoms with van der Waals surface area (Å²) in [6.07, 6.45) is 4.32. The number of halogens is 2. The number of likely N-dealkylation sites (tertiary alicyclic amines) is 1. The number of nitrogens with one attached hydrogen (secondary N) is 1. The Labute approximate surface area is 155 Å². The summed E-state index contributed by atoms with van der Waals surface area (Å²) in [4.78, 5) is 14.9. The van der Waals surface area contributed by atoms with Crippen molar-refractivity contribution in [3.8, 4) is 0 Å². The van der Waals surface area contributed by atoms with Gasteiger partial charge in [0.25, 0.3) is 5.91 Å². The molecule has 2 fully saturated rings. The van der Waals surface area contributed by atoms with E-state index in [4.69, 9.17) is 4.74 Å². The average Bonchev–Trinajstić information content (AvgIpc) is 2.62. The molecule has 0 aliphatic carbocycles. The Morgan fingerprint density at radius 2 is 2.00 bits per heavy atom. The molecule has 1 aromatic carbocycles. The molecule has 0 atom stereocenters. The molecule has 3 rings (SSSR count). The molecule has 0 saturated carbocycles. The smallest absolute Gasteiger partial charge is 0.254 e. The van der Waals surface area contributed by atoms with Gasteiger partial charge in [0.1, 0.15) is 11.4 Å². The molecule has 2 heterocycles. The van der Waals surface area contributed by atoms with Gasteiger partial charge in [-0.05, 0) is 68.8 Å². The first kappa shape index (κ1) is 20.1. The van der Waals surface area contributed by atoms with Gasteiger partial charge in [-0.1, -0.05) is 12.1 Å². The molecular formula is C19H28ClFN2O2. The van der Waals surface area contributed by atoms with E-state index in [0.29, 0.717) is 5.92 Å². The van der Waals surface area contributed by atoms with Gasteiger partial charge in [0.15, 0.2) is 0 Å². The number of rotatable bonds is 4. The van der Waals surface area contributed by atoms with Crippen molar-refractivity contribution in [2.75, 3.05) is 33.3 Å². The monoisotopic (exact) mass is 370 g/mol. The second kappa shape index (κ2) is 8.97. The minimum absolute atomic E-state index is 0. The highest BCUT2D eigenvalue weighted by atomic mass is 35.5. The zero-order valence-electron chi connectivity index (χ0n) is 14.8. The Kier molecular flexibility index (Phi) is 7.23. The van der Waals surface area contributed by atoms with E-state index in [9.17, 15) is 9.18 Å². The van der Waals surface area contributed by atoms with Crippen molar-refractivity contribution in [1.29, 1.82) is 0 Å². The van der Waals surface area contributed by atoms with Crippen LogP contribution < -0.4 is 5.32 Å². The minimum Gasteiger partial charge on any atom is -0.368 e. The molecular weight excluding hydrogens is 343 g/mol. The molecule has 4 nitrogen and oxygen atoms in total. The van der Waals surface area contributed by atoms with E-state index in [1.165, 1.54) is 6.07 Å². The van der Waals surface area contributed by atoms with Crippen LogP contribution in [0.1, 0.15) is 31.2 Å². The third-order valence-corrected chi connectivity index (χ3v) is 5.51. The van der Waals surface area contributed by atoms with Crippen LogP contribution in [0.4, 0.5) is 4.39 Å². The molecule has 2 aliphatic heterocycles. The highest BCUT2D eigenvalue weighted by molar-refractivity contribution is 5.86. The SMILES string of the molecule is COC1(C(=O)N2CCC(Cc3cccc(F)c3)CC2)CCNCC1.Cl. The maximum absolute atomic E-state index is 13.3. The largest absolute Gasteiger partial charge is 0.368 e. The van der Waals surface area contributed by atoms with Gasteiger partial charge in [0, 0.05) is 20.2 Å². The van der Waals surface area contributed by atoms with Gasteiger partial charge in [0.2, 0.25) is 0 Å². The van der Waals surface area contributed by atoms with Crippen molar-refractivity contribution < 1.29 is 13.9 Å². The van der Waals surface area contributed by atoms with Crippen molar-refractivity contribution in [2.45, 2.75) is 37.7 Å². The number of hydrogen-bond donors (Lipinski definition) is 1. The normalized spacial score (nSPS) is 20.8. The molecule has 6 heteroatoms. The van der Waals surface area contributed by atoms with Crippen LogP contribution in [0.5, 0.6) is 0 Å². The van der Waals surface area contributed by atoms with Crippen LogP contribution in [0.25, 0.3) is 0 Å². The third-order valence-electron chi connectivity index (χ3n) is 5.51. The van der Waals surface area contributed by atoms with Gasteiger partial charge in [0.05, 0.1) is 0 Å². The maximum Gasteiger partial charge on any atom is 0.254 e. The number of hydrogen-bond acceptors (Lipinski definition) is 3. The fraction of sp³-hybridized carbons (Fsp3) is 0.632. The van der Waals surface area contributed by atoms with Gasteiger partial charge in [-0.3, -0.25) is 4.79 Å². The first-order chi connectivity index (χ1) is 11.6. The van der Waals surface area contributed by atoms with Crippen molar-refractivity contribution in [3.05, 3.63) is 35.6 Å². The van der Waals surface area contributed by atoms with Crippen LogP contribution >= 0.6 is 12.4 Å². The summed E-state index contributed by atoms with van der Waals surface area (Å²) in [5, 5.41) is 3.29.